The van der Waals surface area contributed by atoms with Gasteiger partial charge in [-0.3, -0.25) is 4.79 Å². The van der Waals surface area contributed by atoms with Gasteiger partial charge < -0.3 is 15.5 Å². The van der Waals surface area contributed by atoms with E-state index in [-0.39, 0.29) is 11.3 Å². The van der Waals surface area contributed by atoms with Crippen molar-refractivity contribution in [1.82, 2.24) is 20.5 Å². The Hall–Kier alpha value is -1.63. The second kappa shape index (κ2) is 9.17. The molecule has 2 N–H and O–H groups in total. The molecule has 2 rings (SSSR count). The molecule has 1 heterocycles. The van der Waals surface area contributed by atoms with Gasteiger partial charge in [0.25, 0.3) is 0 Å². The number of aromatic nitrogens is 1. The first-order valence-electron chi connectivity index (χ1n) is 9.18. The number of nitrogens with one attached hydrogen (secondary N) is 2. The van der Waals surface area contributed by atoms with E-state index in [0.29, 0.717) is 13.1 Å². The molecule has 0 spiro atoms. The third kappa shape index (κ3) is 5.17. The smallest absolute Gasteiger partial charge is 0.230 e. The van der Waals surface area contributed by atoms with Gasteiger partial charge in [-0.15, -0.1) is 11.3 Å². The van der Waals surface area contributed by atoms with Crippen LogP contribution < -0.4 is 10.6 Å². The molecule has 1 amide bonds. The Morgan fingerprint density at radius 1 is 1.32 bits per heavy atom. The maximum Gasteiger partial charge on any atom is 0.230 e. The van der Waals surface area contributed by atoms with Crippen LogP contribution in [0.25, 0.3) is 0 Å². The van der Waals surface area contributed by atoms with Crippen molar-refractivity contribution < 1.29 is 4.79 Å². The molecule has 7 heteroatoms. The second-order valence-electron chi connectivity index (χ2n) is 6.82. The van der Waals surface area contributed by atoms with Crippen LogP contribution in [0.4, 0.5) is 0 Å². The fourth-order valence-corrected chi connectivity index (χ4v) is 4.07. The lowest BCUT2D eigenvalue weighted by atomic mass is 9.84. The van der Waals surface area contributed by atoms with Crippen LogP contribution in [0.5, 0.6) is 0 Å². The van der Waals surface area contributed by atoms with Gasteiger partial charge in [-0.25, -0.2) is 9.98 Å². The Bertz CT molecular complexity index is 590. The summed E-state index contributed by atoms with van der Waals surface area (Å²) in [5, 5.41) is 9.88. The van der Waals surface area contributed by atoms with Gasteiger partial charge in [-0.2, -0.15) is 0 Å². The van der Waals surface area contributed by atoms with Crippen molar-refractivity contribution in [3.8, 4) is 0 Å². The molecular weight excluding hydrogens is 334 g/mol. The molecule has 1 aliphatic carbocycles. The number of hydrogen-bond donors (Lipinski definition) is 2. The Morgan fingerprint density at radius 2 is 2.04 bits per heavy atom. The molecule has 1 fully saturated rings. The molecule has 1 aromatic rings. The van der Waals surface area contributed by atoms with Gasteiger partial charge in [0, 0.05) is 32.6 Å². The van der Waals surface area contributed by atoms with Crippen LogP contribution in [-0.2, 0) is 17.8 Å². The fraction of sp³-hybridized carbons (Fsp3) is 0.722. The minimum absolute atomic E-state index is 0.223. The summed E-state index contributed by atoms with van der Waals surface area (Å²) in [7, 11) is 3.69. The standard InChI is InChI=1S/C18H31N5OS/c1-5-15-22-14(12-25-15)11-20-17(19-6-2)21-13-18(9-7-8-10-18)16(24)23(3)4/h12H,5-11,13H2,1-4H3,(H2,19,20,21). The predicted octanol–water partition coefficient (Wildman–Crippen LogP) is 2.41. The van der Waals surface area contributed by atoms with Gasteiger partial charge in [-0.05, 0) is 26.2 Å². The molecule has 1 aromatic heterocycles. The van der Waals surface area contributed by atoms with E-state index in [0.717, 1.165) is 55.3 Å². The van der Waals surface area contributed by atoms with Crippen LogP contribution in [0.2, 0.25) is 0 Å². The largest absolute Gasteiger partial charge is 0.357 e. The SMILES string of the molecule is CCNC(=NCc1csc(CC)n1)NCC1(C(=O)N(C)C)CCCC1. The Labute approximate surface area is 155 Å². The quantitative estimate of drug-likeness (QED) is 0.575. The van der Waals surface area contributed by atoms with Gasteiger partial charge in [0.2, 0.25) is 5.91 Å². The molecule has 0 atom stereocenters. The van der Waals surface area contributed by atoms with Gasteiger partial charge in [-0.1, -0.05) is 19.8 Å². The van der Waals surface area contributed by atoms with E-state index in [9.17, 15) is 4.79 Å². The summed E-state index contributed by atoms with van der Waals surface area (Å²) < 4.78 is 0. The lowest BCUT2D eigenvalue weighted by molar-refractivity contribution is -0.138. The normalized spacial score (nSPS) is 16.7. The van der Waals surface area contributed by atoms with Crippen molar-refractivity contribution in [2.24, 2.45) is 10.4 Å². The molecule has 0 saturated heterocycles. The van der Waals surface area contributed by atoms with Crippen LogP contribution in [0.1, 0.15) is 50.2 Å². The van der Waals surface area contributed by atoms with Crippen molar-refractivity contribution in [2.45, 2.75) is 52.5 Å². The lowest BCUT2D eigenvalue weighted by Crippen LogP contribution is -2.49. The van der Waals surface area contributed by atoms with E-state index in [4.69, 9.17) is 0 Å². The molecule has 1 aliphatic rings. The summed E-state index contributed by atoms with van der Waals surface area (Å²) >= 11 is 1.68. The van der Waals surface area contributed by atoms with Gasteiger partial charge >= 0.3 is 0 Å². The molecule has 6 nitrogen and oxygen atoms in total. The molecule has 0 aromatic carbocycles. The Morgan fingerprint density at radius 3 is 2.60 bits per heavy atom. The van der Waals surface area contributed by atoms with Crippen LogP contribution in [0.15, 0.2) is 10.4 Å². The summed E-state index contributed by atoms with van der Waals surface area (Å²) in [6, 6.07) is 0. The number of thiazole rings is 1. The average molecular weight is 366 g/mol. The van der Waals surface area contributed by atoms with Gasteiger partial charge in [0.05, 0.1) is 22.7 Å². The summed E-state index contributed by atoms with van der Waals surface area (Å²) in [5.74, 6) is 0.979. The third-order valence-corrected chi connectivity index (χ3v) is 5.70. The number of aryl methyl sites for hydroxylation is 1. The van der Waals surface area contributed by atoms with Gasteiger partial charge in [0.1, 0.15) is 0 Å². The monoisotopic (exact) mass is 365 g/mol. The predicted molar refractivity (Wildman–Crippen MR) is 104 cm³/mol. The molecule has 0 bridgehead atoms. The zero-order chi connectivity index (χ0) is 18.3. The van der Waals surface area contributed by atoms with E-state index < -0.39 is 0 Å². The maximum atomic E-state index is 12.7. The highest BCUT2D eigenvalue weighted by molar-refractivity contribution is 7.09. The van der Waals surface area contributed by atoms with Gasteiger partial charge in [0.15, 0.2) is 5.96 Å². The average Bonchev–Trinajstić information content (AvgIpc) is 3.26. The molecule has 0 aliphatic heterocycles. The zero-order valence-electron chi connectivity index (χ0n) is 15.9. The Kier molecular flexibility index (Phi) is 7.23. The van der Waals surface area contributed by atoms with Crippen molar-refractivity contribution in [1.29, 1.82) is 0 Å². The van der Waals surface area contributed by atoms with Crippen molar-refractivity contribution in [2.75, 3.05) is 27.2 Å². The number of amides is 1. The number of hydrogen-bond acceptors (Lipinski definition) is 4. The van der Waals surface area contributed by atoms with Crippen LogP contribution in [0.3, 0.4) is 0 Å². The summed E-state index contributed by atoms with van der Waals surface area (Å²) in [6.45, 7) is 6.14. The van der Waals surface area contributed by atoms with E-state index >= 15 is 0 Å². The number of carbonyl (C=O) groups is 1. The highest BCUT2D eigenvalue weighted by atomic mass is 32.1. The first-order chi connectivity index (χ1) is 12.0. The lowest BCUT2D eigenvalue weighted by Gasteiger charge is -2.31. The highest BCUT2D eigenvalue weighted by Gasteiger charge is 2.42. The molecule has 25 heavy (non-hydrogen) atoms. The number of nitrogens with zero attached hydrogens (tertiary/aromatic N) is 3. The third-order valence-electron chi connectivity index (χ3n) is 4.66. The molecule has 1 saturated carbocycles. The number of aliphatic imine (C=N–C) groups is 1. The topological polar surface area (TPSA) is 69.6 Å². The first-order valence-corrected chi connectivity index (χ1v) is 10.1. The van der Waals surface area contributed by atoms with E-state index in [2.05, 4.69) is 32.9 Å². The Balaban J connectivity index is 2.01. The highest BCUT2D eigenvalue weighted by Crippen LogP contribution is 2.38. The summed E-state index contributed by atoms with van der Waals surface area (Å²) in [6.07, 6.45) is 5.09. The molecule has 140 valence electrons. The summed E-state index contributed by atoms with van der Waals surface area (Å²) in [5.41, 5.74) is 0.703. The number of guanidine groups is 1. The van der Waals surface area contributed by atoms with Crippen molar-refractivity contribution in [3.05, 3.63) is 16.1 Å². The second-order valence-corrected chi connectivity index (χ2v) is 7.76. The van der Waals surface area contributed by atoms with Crippen molar-refractivity contribution in [3.63, 3.8) is 0 Å². The molecular formula is C18H31N5OS. The van der Waals surface area contributed by atoms with Crippen LogP contribution in [-0.4, -0.2) is 48.9 Å². The van der Waals surface area contributed by atoms with Crippen LogP contribution in [0, 0.1) is 5.41 Å². The first kappa shape index (κ1) is 19.7. The van der Waals surface area contributed by atoms with Crippen LogP contribution >= 0.6 is 11.3 Å². The van der Waals surface area contributed by atoms with E-state index in [1.165, 1.54) is 0 Å². The minimum atomic E-state index is -0.296. The van der Waals surface area contributed by atoms with Crippen molar-refractivity contribution >= 4 is 23.2 Å². The fourth-order valence-electron chi connectivity index (χ4n) is 3.33. The number of carbonyl (C=O) groups excluding carboxylic acids is 1. The van der Waals surface area contributed by atoms with E-state index in [1.54, 1.807) is 16.2 Å². The zero-order valence-corrected chi connectivity index (χ0v) is 16.7. The molecule has 0 unspecified atom stereocenters. The summed E-state index contributed by atoms with van der Waals surface area (Å²) in [4.78, 5) is 23.6. The van der Waals surface area contributed by atoms with E-state index in [1.807, 2.05) is 21.0 Å². The molecule has 0 radical (unpaired) electrons. The number of rotatable bonds is 7. The minimum Gasteiger partial charge on any atom is -0.357 e. The maximum absolute atomic E-state index is 12.7.